The van der Waals surface area contributed by atoms with Gasteiger partial charge in [0.1, 0.15) is 0 Å². The van der Waals surface area contributed by atoms with Gasteiger partial charge in [0.2, 0.25) is 5.91 Å². The van der Waals surface area contributed by atoms with E-state index in [1.54, 1.807) is 0 Å². The van der Waals surface area contributed by atoms with Gasteiger partial charge in [0.15, 0.2) is 0 Å². The number of carbonyl (C=O) groups is 1. The van der Waals surface area contributed by atoms with E-state index in [0.717, 1.165) is 0 Å². The van der Waals surface area contributed by atoms with Crippen LogP contribution in [0.2, 0.25) is 0 Å². The number of amides is 1. The van der Waals surface area contributed by atoms with Crippen LogP contribution in [0.15, 0.2) is 5.11 Å². The van der Waals surface area contributed by atoms with Gasteiger partial charge in [0.25, 0.3) is 0 Å². The summed E-state index contributed by atoms with van der Waals surface area (Å²) in [6, 6.07) is 0. The number of hydrogen-bond donors (Lipinski definition) is 0. The summed E-state index contributed by atoms with van der Waals surface area (Å²) in [5.74, 6) is -0.505. The normalized spacial score (nSPS) is 11.8. The zero-order valence-electron chi connectivity index (χ0n) is 4.29. The first kappa shape index (κ1) is 8.94. The van der Waals surface area contributed by atoms with Crippen molar-refractivity contribution in [3.63, 3.8) is 0 Å². The number of hydrogen-bond acceptors (Lipinski definition) is 1. The molecule has 0 aromatic rings. The van der Waals surface area contributed by atoms with Crippen LogP contribution in [-0.4, -0.2) is 16.1 Å². The molecule has 0 radical (unpaired) electrons. The van der Waals surface area contributed by atoms with Crippen molar-refractivity contribution < 1.29 is 4.79 Å². The van der Waals surface area contributed by atoms with Crippen LogP contribution in [0, 0.1) is 0 Å². The molecule has 0 aromatic carbocycles. The first-order chi connectivity index (χ1) is 4.22. The smallest absolute Gasteiger partial charge is 0.233 e. The van der Waals surface area contributed by atoms with Crippen molar-refractivity contribution in [3.05, 3.63) is 10.4 Å². The summed E-state index contributed by atoms with van der Waals surface area (Å²) in [5.41, 5.74) is 7.78. The molecule has 0 heterocycles. The molecule has 4 nitrogen and oxygen atoms in total. The van der Waals surface area contributed by atoms with Gasteiger partial charge in [-0.2, -0.15) is 0 Å². The Morgan fingerprint density at radius 2 is 2.44 bits per heavy atom. The van der Waals surface area contributed by atoms with E-state index in [0.29, 0.717) is 5.33 Å². The fourth-order valence-electron chi connectivity index (χ4n) is 0.173. The van der Waals surface area contributed by atoms with Gasteiger partial charge in [-0.15, -0.1) is 0 Å². The highest BCUT2D eigenvalue weighted by molar-refractivity contribution is 9.12. The van der Waals surface area contributed by atoms with E-state index in [4.69, 9.17) is 5.53 Å². The van der Waals surface area contributed by atoms with Gasteiger partial charge >= 0.3 is 0 Å². The number of azide groups is 1. The molecule has 6 heteroatoms. The maximum absolute atomic E-state index is 10.5. The van der Waals surface area contributed by atoms with E-state index in [1.807, 2.05) is 0 Å². The summed E-state index contributed by atoms with van der Waals surface area (Å²) in [7, 11) is 0. The minimum absolute atomic E-state index is 0.409. The molecule has 0 rings (SSSR count). The number of alkyl halides is 2. The Hall–Kier alpha value is -0.0600. The molecule has 1 unspecified atom stereocenters. The third kappa shape index (κ3) is 3.51. The van der Waals surface area contributed by atoms with Crippen molar-refractivity contribution >= 4 is 37.8 Å². The first-order valence-electron chi connectivity index (χ1n) is 2.01. The van der Waals surface area contributed by atoms with Crippen molar-refractivity contribution in [1.82, 2.24) is 0 Å². The fourth-order valence-corrected chi connectivity index (χ4v) is 0.541. The molecule has 0 aliphatic heterocycles. The Labute approximate surface area is 68.5 Å². The molecule has 0 aliphatic rings. The topological polar surface area (TPSA) is 65.8 Å². The van der Waals surface area contributed by atoms with Crippen LogP contribution in [0.4, 0.5) is 0 Å². The molecule has 0 fully saturated rings. The van der Waals surface area contributed by atoms with Crippen molar-refractivity contribution in [1.29, 1.82) is 0 Å². The quantitative estimate of drug-likeness (QED) is 0.322. The lowest BCUT2D eigenvalue weighted by molar-refractivity contribution is -0.116. The van der Waals surface area contributed by atoms with Gasteiger partial charge in [-0.3, -0.25) is 4.79 Å². The average molecular weight is 257 g/mol. The third-order valence-corrected chi connectivity index (χ3v) is 2.78. The molecule has 0 aliphatic carbocycles. The van der Waals surface area contributed by atoms with Crippen molar-refractivity contribution in [2.75, 3.05) is 5.33 Å². The summed E-state index contributed by atoms with van der Waals surface area (Å²) >= 11 is 6.02. The van der Waals surface area contributed by atoms with E-state index in [1.165, 1.54) is 0 Å². The molecule has 0 aromatic heterocycles. The van der Waals surface area contributed by atoms with E-state index in [2.05, 4.69) is 41.9 Å². The Bertz CT molecular complexity index is 153. The Kier molecular flexibility index (Phi) is 4.75. The number of halogens is 2. The van der Waals surface area contributed by atoms with Crippen LogP contribution >= 0.6 is 31.9 Å². The summed E-state index contributed by atoms with van der Waals surface area (Å²) in [5, 5.41) is 3.31. The SMILES string of the molecule is [N-]=[N+]=NC(=O)C(Br)CBr. The van der Waals surface area contributed by atoms with Crippen LogP contribution in [0.25, 0.3) is 10.4 Å². The van der Waals surface area contributed by atoms with Gasteiger partial charge < -0.3 is 0 Å². The van der Waals surface area contributed by atoms with Gasteiger partial charge in [-0.1, -0.05) is 31.9 Å². The predicted octanol–water partition coefficient (Wildman–Crippen LogP) is 1.98. The van der Waals surface area contributed by atoms with E-state index < -0.39 is 10.7 Å². The number of carbonyl (C=O) groups excluding carboxylic acids is 1. The largest absolute Gasteiger partial charge is 0.291 e. The van der Waals surface area contributed by atoms with E-state index in [-0.39, 0.29) is 0 Å². The molecule has 0 spiro atoms. The number of nitrogens with zero attached hydrogens (tertiary/aromatic N) is 3. The Morgan fingerprint density at radius 3 is 2.78 bits per heavy atom. The lowest BCUT2D eigenvalue weighted by Gasteiger charge is -1.94. The third-order valence-electron chi connectivity index (χ3n) is 0.547. The molecular weight excluding hydrogens is 254 g/mol. The van der Waals surface area contributed by atoms with Gasteiger partial charge in [0.05, 0.1) is 4.83 Å². The highest BCUT2D eigenvalue weighted by atomic mass is 79.9. The van der Waals surface area contributed by atoms with Crippen LogP contribution in [0.3, 0.4) is 0 Å². The highest BCUT2D eigenvalue weighted by Gasteiger charge is 2.09. The van der Waals surface area contributed by atoms with Crippen LogP contribution < -0.4 is 0 Å². The van der Waals surface area contributed by atoms with Crippen LogP contribution in [0.1, 0.15) is 0 Å². The molecule has 9 heavy (non-hydrogen) atoms. The average Bonchev–Trinajstić information content (AvgIpc) is 1.87. The van der Waals surface area contributed by atoms with Crippen LogP contribution in [-0.2, 0) is 4.79 Å². The molecular formula is C3H3Br2N3O. The summed E-state index contributed by atoms with van der Waals surface area (Å²) in [6.45, 7) is 0. The molecule has 1 atom stereocenters. The van der Waals surface area contributed by atoms with Gasteiger partial charge in [0, 0.05) is 10.2 Å². The Balaban J connectivity index is 3.87. The minimum atomic E-state index is -0.505. The van der Waals surface area contributed by atoms with Crippen LogP contribution in [0.5, 0.6) is 0 Å². The molecule has 1 amide bonds. The fraction of sp³-hybridized carbons (Fsp3) is 0.667. The zero-order chi connectivity index (χ0) is 7.28. The van der Waals surface area contributed by atoms with Gasteiger partial charge in [-0.05, 0) is 10.6 Å². The maximum Gasteiger partial charge on any atom is 0.233 e. The minimum Gasteiger partial charge on any atom is -0.291 e. The predicted molar refractivity (Wildman–Crippen MR) is 40.7 cm³/mol. The van der Waals surface area contributed by atoms with Crippen molar-refractivity contribution in [2.24, 2.45) is 5.11 Å². The second-order valence-corrected chi connectivity index (χ2v) is 2.90. The molecule has 0 N–H and O–H groups in total. The van der Waals surface area contributed by atoms with E-state index in [9.17, 15) is 4.79 Å². The monoisotopic (exact) mass is 255 g/mol. The zero-order valence-corrected chi connectivity index (χ0v) is 7.46. The Morgan fingerprint density at radius 1 is 1.89 bits per heavy atom. The second kappa shape index (κ2) is 4.78. The summed E-state index contributed by atoms with van der Waals surface area (Å²) in [6.07, 6.45) is 0. The highest BCUT2D eigenvalue weighted by Crippen LogP contribution is 2.04. The van der Waals surface area contributed by atoms with Gasteiger partial charge in [-0.25, -0.2) is 0 Å². The van der Waals surface area contributed by atoms with Crippen molar-refractivity contribution in [2.45, 2.75) is 4.83 Å². The molecule has 0 saturated heterocycles. The first-order valence-corrected chi connectivity index (χ1v) is 4.05. The lowest BCUT2D eigenvalue weighted by atomic mass is 10.5. The van der Waals surface area contributed by atoms with Crippen molar-refractivity contribution in [3.8, 4) is 0 Å². The standard InChI is InChI=1S/C3H3Br2N3O/c4-1-2(5)3(9)7-8-6/h2H,1H2. The molecule has 50 valence electrons. The molecule has 0 saturated carbocycles. The summed E-state index contributed by atoms with van der Waals surface area (Å²) < 4.78 is 0. The maximum atomic E-state index is 10.5. The second-order valence-electron chi connectivity index (χ2n) is 1.15. The number of rotatable bonds is 2. The summed E-state index contributed by atoms with van der Waals surface area (Å²) in [4.78, 5) is 12.4. The van der Waals surface area contributed by atoms with E-state index >= 15 is 0 Å². The molecule has 0 bridgehead atoms. The lowest BCUT2D eigenvalue weighted by Crippen LogP contribution is -2.10.